The van der Waals surface area contributed by atoms with Crippen LogP contribution in [0.5, 0.6) is 0 Å². The van der Waals surface area contributed by atoms with Crippen LogP contribution in [0.4, 0.5) is 5.69 Å². The van der Waals surface area contributed by atoms with Crippen LogP contribution in [0.15, 0.2) is 127 Å². The Bertz CT molecular complexity index is 1370. The highest BCUT2D eigenvalue weighted by atomic mass is 14.5. The van der Waals surface area contributed by atoms with Crippen LogP contribution < -0.4 is 5.73 Å². The number of rotatable bonds is 3. The highest BCUT2D eigenvalue weighted by molar-refractivity contribution is 5.86. The summed E-state index contributed by atoms with van der Waals surface area (Å²) in [4.78, 5) is 0. The van der Waals surface area contributed by atoms with E-state index >= 15 is 0 Å². The van der Waals surface area contributed by atoms with E-state index in [1.54, 1.807) is 0 Å². The largest absolute Gasteiger partial charge is 0.399 e. The van der Waals surface area contributed by atoms with Gasteiger partial charge in [-0.25, -0.2) is 0 Å². The molecule has 0 saturated heterocycles. The van der Waals surface area contributed by atoms with Crippen molar-refractivity contribution in [2.24, 2.45) is 0 Å². The maximum Gasteiger partial charge on any atom is 0.0713 e. The van der Waals surface area contributed by atoms with Crippen molar-refractivity contribution < 1.29 is 0 Å². The first-order valence-corrected chi connectivity index (χ1v) is 11.0. The Morgan fingerprint density at radius 3 is 1.62 bits per heavy atom. The summed E-state index contributed by atoms with van der Waals surface area (Å²) in [6.07, 6.45) is 0. The standard InChI is InChI=1S/C31H23N/c32-26-12-8-9-23(21-26)22-17-19-25(20-18-22)31(24-10-2-1-3-11-24)29-15-6-4-13-27(29)28-14-5-7-16-30(28)31/h1-21H,32H2. The Kier molecular flexibility index (Phi) is 4.22. The zero-order valence-corrected chi connectivity index (χ0v) is 17.7. The average Bonchev–Trinajstić information content (AvgIpc) is 3.16. The number of hydrogen-bond acceptors (Lipinski definition) is 1. The first-order chi connectivity index (χ1) is 15.8. The van der Waals surface area contributed by atoms with E-state index < -0.39 is 0 Å². The van der Waals surface area contributed by atoms with E-state index in [2.05, 4.69) is 109 Å². The first kappa shape index (κ1) is 18.7. The monoisotopic (exact) mass is 409 g/mol. The molecule has 0 bridgehead atoms. The van der Waals surface area contributed by atoms with Gasteiger partial charge in [0.05, 0.1) is 5.41 Å². The van der Waals surface area contributed by atoms with Crippen molar-refractivity contribution in [3.8, 4) is 22.3 Å². The molecule has 6 rings (SSSR count). The van der Waals surface area contributed by atoms with Crippen LogP contribution in [0, 0.1) is 0 Å². The number of benzene rings is 5. The van der Waals surface area contributed by atoms with Crippen molar-refractivity contribution >= 4 is 5.69 Å². The lowest BCUT2D eigenvalue weighted by Gasteiger charge is -2.34. The van der Waals surface area contributed by atoms with Crippen LogP contribution in [0.25, 0.3) is 22.3 Å². The van der Waals surface area contributed by atoms with Crippen LogP contribution in [-0.4, -0.2) is 0 Å². The molecule has 2 N–H and O–H groups in total. The summed E-state index contributed by atoms with van der Waals surface area (Å²) in [6.45, 7) is 0. The minimum Gasteiger partial charge on any atom is -0.399 e. The predicted molar refractivity (Wildman–Crippen MR) is 134 cm³/mol. The Balaban J connectivity index is 1.63. The summed E-state index contributed by atoms with van der Waals surface area (Å²) in [6, 6.07) is 45.6. The molecule has 0 unspecified atom stereocenters. The van der Waals surface area contributed by atoms with Gasteiger partial charge in [0.25, 0.3) is 0 Å². The third-order valence-electron chi connectivity index (χ3n) is 6.70. The number of nitrogen functional groups attached to an aromatic ring is 1. The van der Waals surface area contributed by atoms with E-state index in [1.807, 2.05) is 18.2 Å². The fraction of sp³-hybridized carbons (Fsp3) is 0.0323. The molecule has 0 fully saturated rings. The SMILES string of the molecule is Nc1cccc(-c2ccc(C3(c4ccccc4)c4ccccc4-c4ccccc43)cc2)c1. The van der Waals surface area contributed by atoms with Crippen LogP contribution >= 0.6 is 0 Å². The van der Waals surface area contributed by atoms with Gasteiger partial charge >= 0.3 is 0 Å². The lowest BCUT2D eigenvalue weighted by Crippen LogP contribution is -2.28. The van der Waals surface area contributed by atoms with E-state index in [4.69, 9.17) is 5.73 Å². The third kappa shape index (κ3) is 2.65. The summed E-state index contributed by atoms with van der Waals surface area (Å²) in [7, 11) is 0. The second-order valence-corrected chi connectivity index (χ2v) is 8.41. The molecule has 152 valence electrons. The summed E-state index contributed by atoms with van der Waals surface area (Å²) >= 11 is 0. The molecule has 0 atom stereocenters. The van der Waals surface area contributed by atoms with E-state index in [1.165, 1.54) is 38.9 Å². The minimum absolute atomic E-state index is 0.345. The molecule has 5 aromatic rings. The lowest BCUT2D eigenvalue weighted by molar-refractivity contribution is 0.768. The summed E-state index contributed by atoms with van der Waals surface area (Å²) in [5.74, 6) is 0. The molecule has 1 heteroatoms. The molecule has 0 radical (unpaired) electrons. The van der Waals surface area contributed by atoms with Gasteiger partial charge in [0, 0.05) is 5.69 Å². The molecule has 0 heterocycles. The predicted octanol–water partition coefficient (Wildman–Crippen LogP) is 7.30. The van der Waals surface area contributed by atoms with Gasteiger partial charge in [-0.15, -0.1) is 0 Å². The third-order valence-corrected chi connectivity index (χ3v) is 6.70. The molecule has 1 nitrogen and oxygen atoms in total. The molecular weight excluding hydrogens is 386 g/mol. The van der Waals surface area contributed by atoms with Gasteiger partial charge in [-0.05, 0) is 56.6 Å². The number of nitrogens with two attached hydrogens (primary N) is 1. The smallest absolute Gasteiger partial charge is 0.0713 e. The van der Waals surface area contributed by atoms with Gasteiger partial charge < -0.3 is 5.73 Å². The van der Waals surface area contributed by atoms with Crippen LogP contribution in [0.3, 0.4) is 0 Å². The molecule has 0 aromatic heterocycles. The van der Waals surface area contributed by atoms with Gasteiger partial charge in [0.15, 0.2) is 0 Å². The molecule has 0 amide bonds. The molecule has 1 aliphatic rings. The molecule has 0 saturated carbocycles. The van der Waals surface area contributed by atoms with E-state index in [-0.39, 0.29) is 5.41 Å². The van der Waals surface area contributed by atoms with Crippen molar-refractivity contribution in [1.82, 2.24) is 0 Å². The molecule has 32 heavy (non-hydrogen) atoms. The summed E-state index contributed by atoms with van der Waals surface area (Å²) in [5.41, 5.74) is 16.6. The van der Waals surface area contributed by atoms with E-state index in [9.17, 15) is 0 Å². The zero-order chi connectivity index (χ0) is 21.5. The van der Waals surface area contributed by atoms with Gasteiger partial charge in [0.1, 0.15) is 0 Å². The fourth-order valence-corrected chi connectivity index (χ4v) is 5.34. The topological polar surface area (TPSA) is 26.0 Å². The van der Waals surface area contributed by atoms with Crippen LogP contribution in [0.1, 0.15) is 22.3 Å². The van der Waals surface area contributed by atoms with Gasteiger partial charge in [0.2, 0.25) is 0 Å². The first-order valence-electron chi connectivity index (χ1n) is 11.0. The van der Waals surface area contributed by atoms with Crippen molar-refractivity contribution in [3.63, 3.8) is 0 Å². The second kappa shape index (κ2) is 7.25. The maximum atomic E-state index is 6.03. The van der Waals surface area contributed by atoms with Crippen molar-refractivity contribution in [2.45, 2.75) is 5.41 Å². The minimum atomic E-state index is -0.345. The van der Waals surface area contributed by atoms with Crippen molar-refractivity contribution in [1.29, 1.82) is 0 Å². The van der Waals surface area contributed by atoms with E-state index in [0.717, 1.165) is 11.3 Å². The normalized spacial score (nSPS) is 13.4. The van der Waals surface area contributed by atoms with Crippen LogP contribution in [0.2, 0.25) is 0 Å². The molecule has 0 spiro atoms. The number of hydrogen-bond donors (Lipinski definition) is 1. The number of fused-ring (bicyclic) bond motifs is 3. The highest BCUT2D eigenvalue weighted by Gasteiger charge is 2.45. The van der Waals surface area contributed by atoms with Crippen molar-refractivity contribution in [3.05, 3.63) is 150 Å². The number of anilines is 1. The molecule has 5 aromatic carbocycles. The highest BCUT2D eigenvalue weighted by Crippen LogP contribution is 2.55. The van der Waals surface area contributed by atoms with Gasteiger partial charge in [-0.1, -0.05) is 115 Å². The Hall–Kier alpha value is -4.10. The maximum absolute atomic E-state index is 6.03. The van der Waals surface area contributed by atoms with Gasteiger partial charge in [-0.2, -0.15) is 0 Å². The molecule has 0 aliphatic heterocycles. The lowest BCUT2D eigenvalue weighted by atomic mass is 9.67. The Labute approximate surface area is 188 Å². The fourth-order valence-electron chi connectivity index (χ4n) is 5.34. The average molecular weight is 410 g/mol. The van der Waals surface area contributed by atoms with Crippen LogP contribution in [-0.2, 0) is 5.41 Å². The Morgan fingerprint density at radius 2 is 1.00 bits per heavy atom. The molecule has 1 aliphatic carbocycles. The second-order valence-electron chi connectivity index (χ2n) is 8.41. The zero-order valence-electron chi connectivity index (χ0n) is 17.7. The van der Waals surface area contributed by atoms with Gasteiger partial charge in [-0.3, -0.25) is 0 Å². The Morgan fingerprint density at radius 1 is 0.438 bits per heavy atom. The van der Waals surface area contributed by atoms with Crippen molar-refractivity contribution in [2.75, 3.05) is 5.73 Å². The quantitative estimate of drug-likeness (QED) is 0.305. The summed E-state index contributed by atoms with van der Waals surface area (Å²) in [5, 5.41) is 0. The van der Waals surface area contributed by atoms with E-state index in [0.29, 0.717) is 0 Å². The molecular formula is C31H23N. The summed E-state index contributed by atoms with van der Waals surface area (Å²) < 4.78 is 0.